The van der Waals surface area contributed by atoms with E-state index in [9.17, 15) is 17.6 Å². The average Bonchev–Trinajstić information content (AvgIpc) is 2.01. The monoisotopic (exact) mass is 210 g/mol. The van der Waals surface area contributed by atoms with E-state index in [1.54, 1.807) is 6.26 Å². The maximum Gasteiger partial charge on any atom is 0.419 e. The summed E-state index contributed by atoms with van der Waals surface area (Å²) in [5.41, 5.74) is -1.22. The van der Waals surface area contributed by atoms with Crippen molar-refractivity contribution in [2.75, 3.05) is 6.26 Å². The molecule has 0 bridgehead atoms. The van der Waals surface area contributed by atoms with E-state index >= 15 is 0 Å². The van der Waals surface area contributed by atoms with Gasteiger partial charge in [-0.15, -0.1) is 11.8 Å². The van der Waals surface area contributed by atoms with Crippen LogP contribution in [0.25, 0.3) is 0 Å². The van der Waals surface area contributed by atoms with Crippen LogP contribution in [0.2, 0.25) is 0 Å². The molecule has 0 heterocycles. The van der Waals surface area contributed by atoms with E-state index in [2.05, 4.69) is 0 Å². The Morgan fingerprint density at radius 3 is 2.23 bits per heavy atom. The van der Waals surface area contributed by atoms with E-state index < -0.39 is 17.6 Å². The topological polar surface area (TPSA) is 0 Å². The number of alkyl halides is 3. The summed E-state index contributed by atoms with van der Waals surface area (Å²) in [7, 11) is 0. The Balaban J connectivity index is 3.13. The molecule has 0 fully saturated rings. The second-order valence-corrected chi connectivity index (χ2v) is 3.22. The van der Waals surface area contributed by atoms with Crippen LogP contribution in [-0.4, -0.2) is 6.26 Å². The normalized spacial score (nSPS) is 11.8. The van der Waals surface area contributed by atoms with Crippen molar-refractivity contribution in [2.45, 2.75) is 11.1 Å². The predicted molar refractivity (Wildman–Crippen MR) is 43.2 cm³/mol. The third-order valence-corrected chi connectivity index (χ3v) is 2.21. The molecule has 0 nitrogen and oxygen atoms in total. The minimum Gasteiger partial charge on any atom is -0.206 e. The zero-order chi connectivity index (χ0) is 10.1. The van der Waals surface area contributed by atoms with Gasteiger partial charge in [0.15, 0.2) is 0 Å². The standard InChI is InChI=1S/C8H6F4S/c1-13-5-2-3-6(7(9)4-5)8(10,11)12/h2-4H,1H3. The summed E-state index contributed by atoms with van der Waals surface area (Å²) >= 11 is 1.19. The maximum atomic E-state index is 12.8. The van der Waals surface area contributed by atoms with Crippen molar-refractivity contribution in [2.24, 2.45) is 0 Å². The highest BCUT2D eigenvalue weighted by Gasteiger charge is 2.33. The number of hydrogen-bond acceptors (Lipinski definition) is 1. The molecule has 5 heteroatoms. The van der Waals surface area contributed by atoms with Gasteiger partial charge in [-0.05, 0) is 24.5 Å². The van der Waals surface area contributed by atoms with Gasteiger partial charge in [-0.2, -0.15) is 13.2 Å². The molecule has 0 atom stereocenters. The van der Waals surface area contributed by atoms with Crippen LogP contribution in [0.15, 0.2) is 23.1 Å². The Kier molecular flexibility index (Phi) is 2.85. The molecule has 0 aromatic heterocycles. The summed E-state index contributed by atoms with van der Waals surface area (Å²) in [6.45, 7) is 0. The predicted octanol–water partition coefficient (Wildman–Crippen LogP) is 3.57. The number of benzene rings is 1. The molecular formula is C8H6F4S. The molecule has 13 heavy (non-hydrogen) atoms. The molecule has 1 aromatic carbocycles. The van der Waals surface area contributed by atoms with Gasteiger partial charge in [-0.25, -0.2) is 4.39 Å². The van der Waals surface area contributed by atoms with Crippen molar-refractivity contribution < 1.29 is 17.6 Å². The zero-order valence-corrected chi connectivity index (χ0v) is 7.47. The SMILES string of the molecule is CSc1ccc(C(F)(F)F)c(F)c1. The van der Waals surface area contributed by atoms with Crippen molar-refractivity contribution in [3.8, 4) is 0 Å². The summed E-state index contributed by atoms with van der Waals surface area (Å²) in [5, 5.41) is 0. The second kappa shape index (κ2) is 3.57. The first-order valence-corrected chi connectivity index (χ1v) is 4.58. The molecule has 0 saturated carbocycles. The number of halogens is 4. The lowest BCUT2D eigenvalue weighted by Gasteiger charge is -2.07. The molecule has 0 spiro atoms. The Labute approximate surface area is 76.9 Å². The number of hydrogen-bond donors (Lipinski definition) is 0. The number of thioether (sulfide) groups is 1. The van der Waals surface area contributed by atoms with E-state index in [-0.39, 0.29) is 0 Å². The summed E-state index contributed by atoms with van der Waals surface area (Å²) in [4.78, 5) is 0.477. The lowest BCUT2D eigenvalue weighted by molar-refractivity contribution is -0.140. The fourth-order valence-corrected chi connectivity index (χ4v) is 1.28. The van der Waals surface area contributed by atoms with Gasteiger partial charge in [-0.1, -0.05) is 0 Å². The summed E-state index contributed by atoms with van der Waals surface area (Å²) in [6.07, 6.45) is -2.94. The minimum atomic E-state index is -4.61. The van der Waals surface area contributed by atoms with Crippen LogP contribution in [0.4, 0.5) is 17.6 Å². The molecule has 72 valence electrons. The minimum absolute atomic E-state index is 0.477. The third-order valence-electron chi connectivity index (χ3n) is 1.48. The van der Waals surface area contributed by atoms with E-state index in [1.165, 1.54) is 17.8 Å². The maximum absolute atomic E-state index is 12.8. The van der Waals surface area contributed by atoms with Crippen LogP contribution in [0.5, 0.6) is 0 Å². The van der Waals surface area contributed by atoms with Gasteiger partial charge in [0, 0.05) is 4.90 Å². The Hall–Kier alpha value is -0.710. The van der Waals surface area contributed by atoms with Crippen molar-refractivity contribution in [1.29, 1.82) is 0 Å². The lowest BCUT2D eigenvalue weighted by Crippen LogP contribution is -2.07. The Morgan fingerprint density at radius 1 is 1.23 bits per heavy atom. The van der Waals surface area contributed by atoms with Gasteiger partial charge < -0.3 is 0 Å². The van der Waals surface area contributed by atoms with E-state index in [1.807, 2.05) is 0 Å². The first-order valence-electron chi connectivity index (χ1n) is 3.36. The van der Waals surface area contributed by atoms with E-state index in [0.717, 1.165) is 12.1 Å². The molecule has 1 aromatic rings. The first-order chi connectivity index (χ1) is 5.95. The molecule has 0 aliphatic heterocycles. The van der Waals surface area contributed by atoms with Crippen LogP contribution in [0, 0.1) is 5.82 Å². The van der Waals surface area contributed by atoms with Gasteiger partial charge in [0.05, 0.1) is 5.56 Å². The molecule has 0 N–H and O–H groups in total. The van der Waals surface area contributed by atoms with Gasteiger partial charge in [0.2, 0.25) is 0 Å². The highest BCUT2D eigenvalue weighted by Crippen LogP contribution is 2.32. The lowest BCUT2D eigenvalue weighted by atomic mass is 10.2. The number of rotatable bonds is 1. The van der Waals surface area contributed by atoms with Gasteiger partial charge >= 0.3 is 6.18 Å². The Bertz CT molecular complexity index is 306. The van der Waals surface area contributed by atoms with Crippen molar-refractivity contribution in [3.63, 3.8) is 0 Å². The molecule has 0 radical (unpaired) electrons. The highest BCUT2D eigenvalue weighted by atomic mass is 32.2. The summed E-state index contributed by atoms with van der Waals surface area (Å²) in [5.74, 6) is -1.22. The second-order valence-electron chi connectivity index (χ2n) is 2.34. The summed E-state index contributed by atoms with van der Waals surface area (Å²) in [6, 6.07) is 2.88. The largest absolute Gasteiger partial charge is 0.419 e. The van der Waals surface area contributed by atoms with Crippen molar-refractivity contribution in [1.82, 2.24) is 0 Å². The van der Waals surface area contributed by atoms with Crippen LogP contribution < -0.4 is 0 Å². The van der Waals surface area contributed by atoms with Crippen LogP contribution in [0.1, 0.15) is 5.56 Å². The Morgan fingerprint density at radius 2 is 1.85 bits per heavy atom. The van der Waals surface area contributed by atoms with E-state index in [4.69, 9.17) is 0 Å². The van der Waals surface area contributed by atoms with Crippen LogP contribution in [0.3, 0.4) is 0 Å². The van der Waals surface area contributed by atoms with Crippen LogP contribution in [-0.2, 0) is 6.18 Å². The third kappa shape index (κ3) is 2.37. The van der Waals surface area contributed by atoms with Gasteiger partial charge in [0.1, 0.15) is 5.82 Å². The molecule has 0 unspecified atom stereocenters. The molecule has 0 aliphatic carbocycles. The quantitative estimate of drug-likeness (QED) is 0.504. The van der Waals surface area contributed by atoms with Crippen molar-refractivity contribution in [3.05, 3.63) is 29.6 Å². The zero-order valence-electron chi connectivity index (χ0n) is 6.65. The molecular weight excluding hydrogens is 204 g/mol. The highest BCUT2D eigenvalue weighted by molar-refractivity contribution is 7.98. The van der Waals surface area contributed by atoms with E-state index in [0.29, 0.717) is 4.90 Å². The molecule has 1 rings (SSSR count). The molecule has 0 aliphatic rings. The van der Waals surface area contributed by atoms with Gasteiger partial charge in [0.25, 0.3) is 0 Å². The smallest absolute Gasteiger partial charge is 0.206 e. The first kappa shape index (κ1) is 10.4. The molecule has 0 saturated heterocycles. The fraction of sp³-hybridized carbons (Fsp3) is 0.250. The molecule has 0 amide bonds. The van der Waals surface area contributed by atoms with Crippen molar-refractivity contribution >= 4 is 11.8 Å². The van der Waals surface area contributed by atoms with Gasteiger partial charge in [-0.3, -0.25) is 0 Å². The fourth-order valence-electron chi connectivity index (χ4n) is 0.853. The summed E-state index contributed by atoms with van der Waals surface area (Å²) < 4.78 is 48.9. The van der Waals surface area contributed by atoms with Crippen LogP contribution >= 0.6 is 11.8 Å². The average molecular weight is 210 g/mol.